The first-order chi connectivity index (χ1) is 19.6. The molecule has 1 aromatic heterocycles. The van der Waals surface area contributed by atoms with E-state index in [4.69, 9.17) is 26.1 Å². The number of nitrogens with zero attached hydrogens (tertiary/aromatic N) is 4. The summed E-state index contributed by atoms with van der Waals surface area (Å²) in [5, 5.41) is 22.6. The van der Waals surface area contributed by atoms with Crippen molar-refractivity contribution < 1.29 is 24.2 Å². The van der Waals surface area contributed by atoms with Crippen LogP contribution in [0.2, 0.25) is 24.2 Å². The second-order valence-corrected chi connectivity index (χ2v) is 15.3. The van der Waals surface area contributed by atoms with Gasteiger partial charge in [-0.3, -0.25) is 14.4 Å². The minimum Gasteiger partial charge on any atom is -0.491 e. The Kier molecular flexibility index (Phi) is 10.3. The third-order valence-electron chi connectivity index (χ3n) is 6.60. The number of amides is 1. The summed E-state index contributed by atoms with van der Waals surface area (Å²) in [4.78, 5) is 27.6. The van der Waals surface area contributed by atoms with Gasteiger partial charge in [0.1, 0.15) is 30.3 Å². The molecule has 0 saturated heterocycles. The van der Waals surface area contributed by atoms with Gasteiger partial charge in [-0.1, -0.05) is 23.7 Å². The van der Waals surface area contributed by atoms with E-state index in [-0.39, 0.29) is 25.5 Å². The number of carbonyl (C=O) groups excluding carboxylic acids is 1. The number of hydrogen-bond acceptors (Lipinski definition) is 8. The zero-order valence-electron chi connectivity index (χ0n) is 23.9. The zero-order chi connectivity index (χ0) is 29.6. The van der Waals surface area contributed by atoms with E-state index in [1.54, 1.807) is 12.1 Å². The molecule has 10 nitrogen and oxygen atoms in total. The summed E-state index contributed by atoms with van der Waals surface area (Å²) >= 11 is 6.18. The van der Waals surface area contributed by atoms with Gasteiger partial charge in [0.25, 0.3) is 0 Å². The fraction of sp³-hybridized carbons (Fsp3) is 0.448. The van der Waals surface area contributed by atoms with E-state index in [1.807, 2.05) is 61.8 Å². The molecular formula is C29H38ClN5O5Si. The Labute approximate surface area is 246 Å². The quantitative estimate of drug-likeness (QED) is 0.200. The van der Waals surface area contributed by atoms with Gasteiger partial charge in [-0.2, -0.15) is 0 Å². The van der Waals surface area contributed by atoms with Gasteiger partial charge in [-0.25, -0.2) is 0 Å². The molecule has 0 aliphatic carbocycles. The summed E-state index contributed by atoms with van der Waals surface area (Å²) in [5.74, 6) is 1.67. The van der Waals surface area contributed by atoms with Crippen molar-refractivity contribution in [1.29, 1.82) is 0 Å². The van der Waals surface area contributed by atoms with Crippen LogP contribution in [0.15, 0.2) is 47.5 Å². The van der Waals surface area contributed by atoms with Crippen molar-refractivity contribution in [3.05, 3.63) is 70.3 Å². The van der Waals surface area contributed by atoms with Crippen molar-refractivity contribution in [2.45, 2.75) is 58.0 Å². The Morgan fingerprint density at radius 3 is 2.63 bits per heavy atom. The van der Waals surface area contributed by atoms with Gasteiger partial charge in [0.05, 0.1) is 24.4 Å². The van der Waals surface area contributed by atoms with Crippen LogP contribution >= 0.6 is 11.6 Å². The van der Waals surface area contributed by atoms with Gasteiger partial charge < -0.3 is 24.7 Å². The molecule has 220 valence electrons. The summed E-state index contributed by atoms with van der Waals surface area (Å²) in [5.41, 5.74) is 3.07. The fourth-order valence-electron chi connectivity index (χ4n) is 4.65. The standard InChI is InChI=1S/C29H38ClN5O5Si/c1-5-31-27(37)16-25-29-34-33-19(2)35(29)26-12-11-23(40-18-22(36)17-39-13-6-14-41(3,4)38)15-24(26)28(32-25)20-7-9-21(30)10-8-20/h7-12,15,22,25,36,38H,5-6,13-14,16-18H2,1-4H3,(H,31,37). The number of aliphatic hydroxyl groups is 1. The molecule has 0 saturated carbocycles. The van der Waals surface area contributed by atoms with Crippen LogP contribution in [0.3, 0.4) is 0 Å². The van der Waals surface area contributed by atoms with Crippen LogP contribution in [0.25, 0.3) is 5.69 Å². The first-order valence-electron chi connectivity index (χ1n) is 13.8. The number of aliphatic imine (C=N–C) groups is 1. The average Bonchev–Trinajstić information content (AvgIpc) is 3.24. The highest BCUT2D eigenvalue weighted by Gasteiger charge is 2.30. The number of aryl methyl sites for hydroxylation is 1. The maximum Gasteiger partial charge on any atom is 0.222 e. The first kappa shape index (κ1) is 30.9. The molecule has 2 aromatic carbocycles. The maximum atomic E-state index is 12.6. The van der Waals surface area contributed by atoms with Gasteiger partial charge in [-0.15, -0.1) is 10.2 Å². The van der Waals surface area contributed by atoms with E-state index in [2.05, 4.69) is 15.5 Å². The zero-order valence-corrected chi connectivity index (χ0v) is 25.7. The second kappa shape index (κ2) is 13.7. The largest absolute Gasteiger partial charge is 0.491 e. The van der Waals surface area contributed by atoms with Crippen LogP contribution in [0.4, 0.5) is 0 Å². The number of nitrogens with one attached hydrogen (secondary N) is 1. The normalized spacial score (nSPS) is 15.4. The molecule has 2 heterocycles. The van der Waals surface area contributed by atoms with Crippen molar-refractivity contribution in [2.24, 2.45) is 4.99 Å². The van der Waals surface area contributed by atoms with Crippen molar-refractivity contribution in [1.82, 2.24) is 20.1 Å². The fourth-order valence-corrected chi connectivity index (χ4v) is 5.79. The van der Waals surface area contributed by atoms with Crippen LogP contribution in [-0.4, -0.2) is 77.1 Å². The molecule has 1 amide bonds. The van der Waals surface area contributed by atoms with E-state index in [9.17, 15) is 14.7 Å². The Morgan fingerprint density at radius 1 is 1.17 bits per heavy atom. The van der Waals surface area contributed by atoms with Gasteiger partial charge in [0, 0.05) is 29.3 Å². The molecule has 0 fully saturated rings. The van der Waals surface area contributed by atoms with Gasteiger partial charge in [-0.05, 0) is 69.7 Å². The van der Waals surface area contributed by atoms with Crippen LogP contribution in [0.5, 0.6) is 5.75 Å². The molecule has 2 atom stereocenters. The number of aliphatic hydroxyl groups excluding tert-OH is 1. The monoisotopic (exact) mass is 599 g/mol. The summed E-state index contributed by atoms with van der Waals surface area (Å²) in [6, 6.07) is 13.2. The van der Waals surface area contributed by atoms with Crippen LogP contribution < -0.4 is 10.1 Å². The van der Waals surface area contributed by atoms with Crippen LogP contribution in [0, 0.1) is 6.92 Å². The molecule has 1 aliphatic heterocycles. The number of rotatable bonds is 13. The highest BCUT2D eigenvalue weighted by Crippen LogP contribution is 2.34. The smallest absolute Gasteiger partial charge is 0.222 e. The van der Waals surface area contributed by atoms with E-state index in [0.29, 0.717) is 41.3 Å². The highest BCUT2D eigenvalue weighted by atomic mass is 35.5. The molecule has 1 aliphatic rings. The van der Waals surface area contributed by atoms with E-state index in [1.165, 1.54) is 0 Å². The molecule has 3 aromatic rings. The molecule has 4 rings (SSSR count). The number of benzene rings is 2. The Bertz CT molecular complexity index is 1370. The van der Waals surface area contributed by atoms with Crippen molar-refractivity contribution in [3.8, 4) is 11.4 Å². The number of fused-ring (bicyclic) bond motifs is 3. The predicted molar refractivity (Wildman–Crippen MR) is 161 cm³/mol. The lowest BCUT2D eigenvalue weighted by Gasteiger charge is -2.17. The van der Waals surface area contributed by atoms with Gasteiger partial charge >= 0.3 is 0 Å². The van der Waals surface area contributed by atoms with Crippen LogP contribution in [0.1, 0.15) is 48.6 Å². The lowest BCUT2D eigenvalue weighted by molar-refractivity contribution is -0.121. The molecule has 2 unspecified atom stereocenters. The SMILES string of the molecule is CCNC(=O)CC1N=C(c2ccc(Cl)cc2)c2cc(OCC(O)COCCC[Si](C)(C)O)ccc2-n2c(C)nnc21. The second-order valence-electron chi connectivity index (χ2n) is 10.7. The lowest BCUT2D eigenvalue weighted by Crippen LogP contribution is -2.26. The Morgan fingerprint density at radius 2 is 1.93 bits per heavy atom. The van der Waals surface area contributed by atoms with Crippen molar-refractivity contribution in [2.75, 3.05) is 26.4 Å². The molecule has 3 N–H and O–H groups in total. The Hall–Kier alpha value is -3.09. The van der Waals surface area contributed by atoms with E-state index < -0.39 is 20.5 Å². The Balaban J connectivity index is 1.60. The highest BCUT2D eigenvalue weighted by molar-refractivity contribution is 6.69. The van der Waals surface area contributed by atoms with E-state index >= 15 is 0 Å². The molecule has 0 bridgehead atoms. The summed E-state index contributed by atoms with van der Waals surface area (Å²) in [6.45, 7) is 8.71. The van der Waals surface area contributed by atoms with Gasteiger partial charge in [0.2, 0.25) is 5.91 Å². The third kappa shape index (κ3) is 8.23. The first-order valence-corrected chi connectivity index (χ1v) is 17.4. The minimum absolute atomic E-state index is 0.0448. The summed E-state index contributed by atoms with van der Waals surface area (Å²) in [7, 11) is -2.09. The minimum atomic E-state index is -2.09. The third-order valence-corrected chi connectivity index (χ3v) is 8.43. The number of ether oxygens (including phenoxy) is 2. The molecule has 12 heteroatoms. The van der Waals surface area contributed by atoms with Crippen molar-refractivity contribution in [3.63, 3.8) is 0 Å². The molecule has 0 radical (unpaired) electrons. The average molecular weight is 600 g/mol. The number of halogens is 1. The topological polar surface area (TPSA) is 131 Å². The summed E-state index contributed by atoms with van der Waals surface area (Å²) in [6.07, 6.45) is 0.0580. The lowest BCUT2D eigenvalue weighted by atomic mass is 10.00. The van der Waals surface area contributed by atoms with Gasteiger partial charge in [0.15, 0.2) is 14.1 Å². The van der Waals surface area contributed by atoms with E-state index in [0.717, 1.165) is 29.3 Å². The molecule has 41 heavy (non-hydrogen) atoms. The van der Waals surface area contributed by atoms with Crippen LogP contribution in [-0.2, 0) is 9.53 Å². The number of carbonyl (C=O) groups is 1. The maximum absolute atomic E-state index is 12.6. The summed E-state index contributed by atoms with van der Waals surface area (Å²) < 4.78 is 13.5. The molecule has 0 spiro atoms. The van der Waals surface area contributed by atoms with Crippen molar-refractivity contribution >= 4 is 31.5 Å². The number of aromatic nitrogens is 3. The molecular weight excluding hydrogens is 562 g/mol. The number of hydrogen-bond donors (Lipinski definition) is 3. The predicted octanol–water partition coefficient (Wildman–Crippen LogP) is 3.99.